The quantitative estimate of drug-likeness (QED) is 0.186. The summed E-state index contributed by atoms with van der Waals surface area (Å²) in [6.07, 6.45) is 1.67. The molecule has 0 aromatic carbocycles. The minimum atomic E-state index is -1.52. The molecule has 0 radical (unpaired) electrons. The maximum atomic E-state index is 12.8. The Bertz CT molecular complexity index is 672. The fourth-order valence-corrected chi connectivity index (χ4v) is 3.27. The number of carboxylic acids is 2. The lowest BCUT2D eigenvalue weighted by Gasteiger charge is -2.26. The van der Waals surface area contributed by atoms with Crippen molar-refractivity contribution in [2.75, 3.05) is 12.0 Å². The van der Waals surface area contributed by atoms with Crippen molar-refractivity contribution in [3.8, 4) is 0 Å². The summed E-state index contributed by atoms with van der Waals surface area (Å²) in [6.45, 7) is 6.90. The Morgan fingerprint density at radius 2 is 1.44 bits per heavy atom. The molecule has 0 bridgehead atoms. The van der Waals surface area contributed by atoms with Gasteiger partial charge in [-0.05, 0) is 36.7 Å². The summed E-state index contributed by atoms with van der Waals surface area (Å²) >= 11 is 1.53. The highest BCUT2D eigenvalue weighted by Gasteiger charge is 2.32. The van der Waals surface area contributed by atoms with Gasteiger partial charge in [-0.15, -0.1) is 0 Å². The van der Waals surface area contributed by atoms with E-state index in [1.165, 1.54) is 11.8 Å². The molecule has 0 rings (SSSR count). The van der Waals surface area contributed by atoms with Gasteiger partial charge >= 0.3 is 11.9 Å². The normalized spacial score (nSPS) is 14.9. The van der Waals surface area contributed by atoms with E-state index in [1.807, 2.05) is 6.26 Å². The lowest BCUT2D eigenvalue weighted by Crippen LogP contribution is -2.58. The molecule has 0 spiro atoms. The summed E-state index contributed by atoms with van der Waals surface area (Å²) in [7, 11) is 0. The lowest BCUT2D eigenvalue weighted by atomic mass is 10.0. The number of carboxylic acid groups (broad SMARTS) is 2. The van der Waals surface area contributed by atoms with E-state index < -0.39 is 60.2 Å². The molecule has 0 aromatic heterocycles. The molecular formula is C20H36N4O7S. The van der Waals surface area contributed by atoms with Crippen LogP contribution in [0.4, 0.5) is 0 Å². The minimum absolute atomic E-state index is 0.0419. The Morgan fingerprint density at radius 3 is 1.88 bits per heavy atom. The fourth-order valence-electron chi connectivity index (χ4n) is 2.78. The highest BCUT2D eigenvalue weighted by Crippen LogP contribution is 2.08. The largest absolute Gasteiger partial charge is 0.481 e. The van der Waals surface area contributed by atoms with Crippen molar-refractivity contribution in [3.05, 3.63) is 0 Å². The van der Waals surface area contributed by atoms with Crippen molar-refractivity contribution in [3.63, 3.8) is 0 Å². The van der Waals surface area contributed by atoms with Crippen LogP contribution in [0.15, 0.2) is 0 Å². The summed E-state index contributed by atoms with van der Waals surface area (Å²) < 4.78 is 0. The van der Waals surface area contributed by atoms with Gasteiger partial charge in [-0.3, -0.25) is 19.2 Å². The molecule has 12 heteroatoms. The van der Waals surface area contributed by atoms with E-state index in [1.54, 1.807) is 27.7 Å². The van der Waals surface area contributed by atoms with Gasteiger partial charge in [-0.1, -0.05) is 27.7 Å². The van der Waals surface area contributed by atoms with Crippen LogP contribution < -0.4 is 21.7 Å². The number of hydrogen-bond donors (Lipinski definition) is 6. The van der Waals surface area contributed by atoms with Crippen molar-refractivity contribution in [2.45, 2.75) is 71.1 Å². The molecule has 0 aliphatic carbocycles. The monoisotopic (exact) mass is 476 g/mol. The topological polar surface area (TPSA) is 188 Å². The molecule has 0 aromatic rings. The van der Waals surface area contributed by atoms with Gasteiger partial charge in [0.1, 0.15) is 18.1 Å². The van der Waals surface area contributed by atoms with E-state index in [-0.39, 0.29) is 18.3 Å². The first kappa shape index (κ1) is 29.7. The number of nitrogens with two attached hydrogens (primary N) is 1. The average Bonchev–Trinajstić information content (AvgIpc) is 2.67. The Morgan fingerprint density at radius 1 is 0.875 bits per heavy atom. The van der Waals surface area contributed by atoms with Gasteiger partial charge in [-0.2, -0.15) is 11.8 Å². The highest BCUT2D eigenvalue weighted by molar-refractivity contribution is 7.98. The van der Waals surface area contributed by atoms with Crippen LogP contribution in [0.25, 0.3) is 0 Å². The summed E-state index contributed by atoms with van der Waals surface area (Å²) in [5, 5.41) is 25.6. The van der Waals surface area contributed by atoms with Gasteiger partial charge in [0, 0.05) is 0 Å². The Labute approximate surface area is 192 Å². The zero-order valence-corrected chi connectivity index (χ0v) is 20.0. The van der Waals surface area contributed by atoms with Crippen LogP contribution in [0.1, 0.15) is 47.0 Å². The number of aliphatic carboxylic acids is 2. The van der Waals surface area contributed by atoms with Gasteiger partial charge in [0.2, 0.25) is 17.7 Å². The van der Waals surface area contributed by atoms with Gasteiger partial charge in [0.15, 0.2) is 0 Å². The van der Waals surface area contributed by atoms with Crippen molar-refractivity contribution in [1.29, 1.82) is 0 Å². The predicted molar refractivity (Wildman–Crippen MR) is 121 cm³/mol. The van der Waals surface area contributed by atoms with E-state index in [0.717, 1.165) is 0 Å². The zero-order chi connectivity index (χ0) is 25.0. The van der Waals surface area contributed by atoms with Gasteiger partial charge < -0.3 is 31.9 Å². The fraction of sp³-hybridized carbons (Fsp3) is 0.750. The molecule has 0 aliphatic heterocycles. The molecule has 0 aliphatic rings. The first-order chi connectivity index (χ1) is 14.8. The minimum Gasteiger partial charge on any atom is -0.481 e. The standard InChI is InChI=1S/C20H36N4O7S/c1-10(2)8-14(20(30)31)23-18(28)13(9-15(25)26)22-19(29)16(11(3)4)24-17(27)12(21)6-7-32-5/h10-14,16H,6-9,21H2,1-5H3,(H,22,29)(H,23,28)(H,24,27)(H,25,26)(H,30,31). The van der Waals surface area contributed by atoms with E-state index in [0.29, 0.717) is 12.2 Å². The Kier molecular flexibility index (Phi) is 13.6. The molecule has 0 saturated carbocycles. The third-order valence-corrected chi connectivity index (χ3v) is 5.19. The van der Waals surface area contributed by atoms with Crippen LogP contribution in [-0.4, -0.2) is 76.0 Å². The summed E-state index contributed by atoms with van der Waals surface area (Å²) in [5.41, 5.74) is 5.84. The second-order valence-electron chi connectivity index (χ2n) is 8.31. The van der Waals surface area contributed by atoms with E-state index in [9.17, 15) is 29.1 Å². The second-order valence-corrected chi connectivity index (χ2v) is 9.29. The number of thioether (sulfide) groups is 1. The summed E-state index contributed by atoms with van der Waals surface area (Å²) in [4.78, 5) is 60.3. The van der Waals surface area contributed by atoms with Crippen LogP contribution in [0.2, 0.25) is 0 Å². The summed E-state index contributed by atoms with van der Waals surface area (Å²) in [5.74, 6) is -4.61. The van der Waals surface area contributed by atoms with Gasteiger partial charge in [-0.25, -0.2) is 4.79 Å². The third-order valence-electron chi connectivity index (χ3n) is 4.55. The first-order valence-corrected chi connectivity index (χ1v) is 11.8. The van der Waals surface area contributed by atoms with E-state index >= 15 is 0 Å². The smallest absolute Gasteiger partial charge is 0.326 e. The van der Waals surface area contributed by atoms with Crippen molar-refractivity contribution >= 4 is 41.4 Å². The molecule has 0 heterocycles. The lowest BCUT2D eigenvalue weighted by molar-refractivity contribution is -0.144. The highest BCUT2D eigenvalue weighted by atomic mass is 32.2. The third kappa shape index (κ3) is 11.3. The SMILES string of the molecule is CSCCC(N)C(=O)NC(C(=O)NC(CC(=O)O)C(=O)NC(CC(C)C)C(=O)O)C(C)C. The first-order valence-electron chi connectivity index (χ1n) is 10.4. The number of hydrogen-bond acceptors (Lipinski definition) is 7. The molecule has 0 fully saturated rings. The van der Waals surface area contributed by atoms with E-state index in [4.69, 9.17) is 10.8 Å². The maximum absolute atomic E-state index is 12.8. The number of amides is 3. The molecular weight excluding hydrogens is 440 g/mol. The molecule has 0 saturated heterocycles. The number of rotatable bonds is 15. The van der Waals surface area contributed by atoms with Crippen molar-refractivity contribution in [2.24, 2.45) is 17.6 Å². The summed E-state index contributed by atoms with van der Waals surface area (Å²) in [6, 6.07) is -4.62. The zero-order valence-electron chi connectivity index (χ0n) is 19.2. The Hall–Kier alpha value is -2.34. The molecule has 4 atom stereocenters. The molecule has 7 N–H and O–H groups in total. The van der Waals surface area contributed by atoms with Crippen molar-refractivity contribution < 1.29 is 34.2 Å². The van der Waals surface area contributed by atoms with Gasteiger partial charge in [0.25, 0.3) is 0 Å². The van der Waals surface area contributed by atoms with Crippen LogP contribution in [0.5, 0.6) is 0 Å². The van der Waals surface area contributed by atoms with Crippen LogP contribution in [0, 0.1) is 11.8 Å². The number of carbonyl (C=O) groups excluding carboxylic acids is 3. The maximum Gasteiger partial charge on any atom is 0.326 e. The number of carbonyl (C=O) groups is 5. The number of nitrogens with one attached hydrogen (secondary N) is 3. The Balaban J connectivity index is 5.40. The van der Waals surface area contributed by atoms with Crippen LogP contribution >= 0.6 is 11.8 Å². The predicted octanol–water partition coefficient (Wildman–Crippen LogP) is -0.217. The van der Waals surface area contributed by atoms with Crippen molar-refractivity contribution in [1.82, 2.24) is 16.0 Å². The average molecular weight is 477 g/mol. The van der Waals surface area contributed by atoms with E-state index in [2.05, 4.69) is 16.0 Å². The molecule has 3 amide bonds. The van der Waals surface area contributed by atoms with Gasteiger partial charge in [0.05, 0.1) is 12.5 Å². The molecule has 4 unspecified atom stereocenters. The van der Waals surface area contributed by atoms with Crippen LogP contribution in [-0.2, 0) is 24.0 Å². The second kappa shape index (κ2) is 14.7. The molecule has 184 valence electrons. The van der Waals surface area contributed by atoms with Crippen LogP contribution in [0.3, 0.4) is 0 Å². The molecule has 11 nitrogen and oxygen atoms in total. The molecule has 32 heavy (non-hydrogen) atoms.